The van der Waals surface area contributed by atoms with E-state index in [0.29, 0.717) is 25.8 Å². The standard InChI is InChI=1S/C16H22N4O2/c1-2-12-5-3-6-13(11-12)19-16(17)18-9-10-20-14(21)7-4-8-15(20)22/h3,5-6,11H,2,4,7-10H2,1H3,(H3,17,18,19). The van der Waals surface area contributed by atoms with E-state index < -0.39 is 0 Å². The minimum absolute atomic E-state index is 0.117. The lowest BCUT2D eigenvalue weighted by atomic mass is 10.1. The quantitative estimate of drug-likeness (QED) is 0.490. The smallest absolute Gasteiger partial charge is 0.229 e. The molecule has 0 spiro atoms. The summed E-state index contributed by atoms with van der Waals surface area (Å²) in [6.45, 7) is 2.68. The number of carbonyl (C=O) groups excluding carboxylic acids is 2. The van der Waals surface area contributed by atoms with Gasteiger partial charge in [0, 0.05) is 25.1 Å². The van der Waals surface area contributed by atoms with E-state index in [0.717, 1.165) is 12.1 Å². The Hall–Kier alpha value is -2.37. The molecule has 118 valence electrons. The van der Waals surface area contributed by atoms with E-state index in [2.05, 4.69) is 17.2 Å². The SMILES string of the molecule is CCc1cccc(NC(N)=NCCN2C(=O)CCCC2=O)c1. The highest BCUT2D eigenvalue weighted by molar-refractivity contribution is 5.97. The lowest BCUT2D eigenvalue weighted by Gasteiger charge is -2.24. The van der Waals surface area contributed by atoms with E-state index in [9.17, 15) is 9.59 Å². The molecule has 1 aromatic rings. The number of piperidine rings is 1. The summed E-state index contributed by atoms with van der Waals surface area (Å²) in [5, 5.41) is 3.02. The maximum Gasteiger partial charge on any atom is 0.229 e. The van der Waals surface area contributed by atoms with E-state index >= 15 is 0 Å². The second kappa shape index (κ2) is 7.59. The molecule has 1 aliphatic rings. The molecule has 0 saturated carbocycles. The van der Waals surface area contributed by atoms with Crippen LogP contribution in [0.25, 0.3) is 0 Å². The van der Waals surface area contributed by atoms with Crippen molar-refractivity contribution >= 4 is 23.5 Å². The molecule has 2 amide bonds. The maximum absolute atomic E-state index is 11.7. The van der Waals surface area contributed by atoms with Crippen LogP contribution in [0.4, 0.5) is 5.69 Å². The van der Waals surface area contributed by atoms with Crippen LogP contribution < -0.4 is 11.1 Å². The zero-order valence-electron chi connectivity index (χ0n) is 12.8. The van der Waals surface area contributed by atoms with Gasteiger partial charge in [-0.3, -0.25) is 19.5 Å². The zero-order valence-corrected chi connectivity index (χ0v) is 12.8. The van der Waals surface area contributed by atoms with Crippen molar-refractivity contribution in [2.45, 2.75) is 32.6 Å². The van der Waals surface area contributed by atoms with Crippen molar-refractivity contribution in [1.82, 2.24) is 4.90 Å². The van der Waals surface area contributed by atoms with Crippen molar-refractivity contribution in [3.05, 3.63) is 29.8 Å². The molecule has 1 aliphatic heterocycles. The van der Waals surface area contributed by atoms with Gasteiger partial charge in [-0.05, 0) is 30.5 Å². The van der Waals surface area contributed by atoms with Crippen LogP contribution in [0.1, 0.15) is 31.7 Å². The number of anilines is 1. The molecule has 22 heavy (non-hydrogen) atoms. The summed E-state index contributed by atoms with van der Waals surface area (Å²) in [4.78, 5) is 28.8. The van der Waals surface area contributed by atoms with Gasteiger partial charge in [0.05, 0.1) is 6.54 Å². The highest BCUT2D eigenvalue weighted by Gasteiger charge is 2.24. The van der Waals surface area contributed by atoms with Gasteiger partial charge in [0.25, 0.3) is 0 Å². The van der Waals surface area contributed by atoms with Crippen LogP contribution in [0.15, 0.2) is 29.3 Å². The fraction of sp³-hybridized carbons (Fsp3) is 0.438. The number of benzene rings is 1. The number of nitrogens with two attached hydrogens (primary N) is 1. The Kier molecular flexibility index (Phi) is 5.52. The number of aliphatic imine (C=N–C) groups is 1. The van der Waals surface area contributed by atoms with Crippen molar-refractivity contribution in [2.75, 3.05) is 18.4 Å². The Balaban J connectivity index is 1.87. The second-order valence-electron chi connectivity index (χ2n) is 5.24. The van der Waals surface area contributed by atoms with Crippen molar-refractivity contribution in [2.24, 2.45) is 10.7 Å². The summed E-state index contributed by atoms with van der Waals surface area (Å²) in [5.74, 6) is 0.0485. The second-order valence-corrected chi connectivity index (χ2v) is 5.24. The molecule has 1 saturated heterocycles. The van der Waals surface area contributed by atoms with Crippen molar-refractivity contribution in [3.8, 4) is 0 Å². The molecule has 0 aromatic heterocycles. The zero-order chi connectivity index (χ0) is 15.9. The topological polar surface area (TPSA) is 87.8 Å². The summed E-state index contributed by atoms with van der Waals surface area (Å²) < 4.78 is 0. The monoisotopic (exact) mass is 302 g/mol. The molecule has 2 rings (SSSR count). The lowest BCUT2D eigenvalue weighted by Crippen LogP contribution is -2.41. The van der Waals surface area contributed by atoms with Gasteiger partial charge < -0.3 is 11.1 Å². The van der Waals surface area contributed by atoms with Gasteiger partial charge in [-0.25, -0.2) is 0 Å². The van der Waals surface area contributed by atoms with Crippen molar-refractivity contribution in [1.29, 1.82) is 0 Å². The minimum Gasteiger partial charge on any atom is -0.370 e. The number of carbonyl (C=O) groups is 2. The lowest BCUT2D eigenvalue weighted by molar-refractivity contribution is -0.147. The van der Waals surface area contributed by atoms with Crippen LogP contribution in [-0.4, -0.2) is 35.8 Å². The fourth-order valence-corrected chi connectivity index (χ4v) is 2.38. The van der Waals surface area contributed by atoms with Crippen LogP contribution in [0.2, 0.25) is 0 Å². The maximum atomic E-state index is 11.7. The Morgan fingerprint density at radius 1 is 1.32 bits per heavy atom. The van der Waals surface area contributed by atoms with Gasteiger partial charge in [-0.15, -0.1) is 0 Å². The van der Waals surface area contributed by atoms with Crippen molar-refractivity contribution < 1.29 is 9.59 Å². The number of hydrogen-bond acceptors (Lipinski definition) is 3. The third-order valence-corrected chi connectivity index (χ3v) is 3.60. The number of likely N-dealkylation sites (tertiary alicyclic amines) is 1. The Bertz CT molecular complexity index is 567. The third kappa shape index (κ3) is 4.31. The van der Waals surface area contributed by atoms with E-state index in [-0.39, 0.29) is 24.3 Å². The highest BCUT2D eigenvalue weighted by Crippen LogP contribution is 2.12. The Morgan fingerprint density at radius 3 is 2.73 bits per heavy atom. The molecule has 0 radical (unpaired) electrons. The number of guanidine groups is 1. The van der Waals surface area contributed by atoms with E-state index in [4.69, 9.17) is 5.73 Å². The molecule has 6 heteroatoms. The van der Waals surface area contributed by atoms with Gasteiger partial charge in [-0.2, -0.15) is 0 Å². The number of hydrogen-bond donors (Lipinski definition) is 2. The number of rotatable bonds is 5. The molecule has 0 atom stereocenters. The van der Waals surface area contributed by atoms with Gasteiger partial charge in [0.2, 0.25) is 11.8 Å². The van der Waals surface area contributed by atoms with E-state index in [1.165, 1.54) is 10.5 Å². The summed E-state index contributed by atoms with van der Waals surface area (Å²) in [6, 6.07) is 7.94. The summed E-state index contributed by atoms with van der Waals surface area (Å²) in [6.07, 6.45) is 2.47. The van der Waals surface area contributed by atoms with Gasteiger partial charge in [0.15, 0.2) is 5.96 Å². The van der Waals surface area contributed by atoms with Crippen LogP contribution in [-0.2, 0) is 16.0 Å². The predicted octanol–water partition coefficient (Wildman–Crippen LogP) is 1.51. The van der Waals surface area contributed by atoms with Gasteiger partial charge in [-0.1, -0.05) is 19.1 Å². The first-order valence-electron chi connectivity index (χ1n) is 7.59. The average Bonchev–Trinajstić information content (AvgIpc) is 2.50. The molecule has 0 bridgehead atoms. The first-order chi connectivity index (χ1) is 10.6. The summed E-state index contributed by atoms with van der Waals surface area (Å²) in [5.41, 5.74) is 7.92. The van der Waals surface area contributed by atoms with Gasteiger partial charge >= 0.3 is 0 Å². The Morgan fingerprint density at radius 2 is 2.05 bits per heavy atom. The number of imide groups is 1. The molecule has 3 N–H and O–H groups in total. The highest BCUT2D eigenvalue weighted by atomic mass is 16.2. The molecule has 6 nitrogen and oxygen atoms in total. The molecular weight excluding hydrogens is 280 g/mol. The van der Waals surface area contributed by atoms with Crippen molar-refractivity contribution in [3.63, 3.8) is 0 Å². The van der Waals surface area contributed by atoms with Crippen LogP contribution in [0, 0.1) is 0 Å². The molecule has 1 aromatic carbocycles. The largest absolute Gasteiger partial charge is 0.370 e. The molecule has 0 aliphatic carbocycles. The third-order valence-electron chi connectivity index (χ3n) is 3.60. The van der Waals surface area contributed by atoms with E-state index in [1.807, 2.05) is 24.3 Å². The molecule has 1 heterocycles. The van der Waals surface area contributed by atoms with Crippen LogP contribution in [0.5, 0.6) is 0 Å². The molecule has 1 fully saturated rings. The normalized spacial score (nSPS) is 16.0. The summed E-state index contributed by atoms with van der Waals surface area (Å²) >= 11 is 0. The molecular formula is C16H22N4O2. The molecule has 0 unspecified atom stereocenters. The number of nitrogens with one attached hydrogen (secondary N) is 1. The minimum atomic E-state index is -0.117. The van der Waals surface area contributed by atoms with Gasteiger partial charge in [0.1, 0.15) is 0 Å². The average molecular weight is 302 g/mol. The first kappa shape index (κ1) is 16.0. The van der Waals surface area contributed by atoms with Crippen LogP contribution >= 0.6 is 0 Å². The number of nitrogens with zero attached hydrogens (tertiary/aromatic N) is 2. The van der Waals surface area contributed by atoms with E-state index in [1.54, 1.807) is 0 Å². The summed E-state index contributed by atoms with van der Waals surface area (Å²) in [7, 11) is 0. The number of aryl methyl sites for hydroxylation is 1. The Labute approximate surface area is 130 Å². The van der Waals surface area contributed by atoms with Crippen LogP contribution in [0.3, 0.4) is 0 Å². The fourth-order valence-electron chi connectivity index (χ4n) is 2.38. The number of amides is 2. The first-order valence-corrected chi connectivity index (χ1v) is 7.59. The predicted molar refractivity (Wildman–Crippen MR) is 86.5 cm³/mol.